The van der Waals surface area contributed by atoms with Crippen molar-refractivity contribution >= 4 is 45.7 Å². The Balaban J connectivity index is 1.44. The molecule has 2 aliphatic rings. The number of aromatic carboxylic acids is 1. The third-order valence-electron chi connectivity index (χ3n) is 6.69. The summed E-state index contributed by atoms with van der Waals surface area (Å²) in [5.41, 5.74) is 1.78. The van der Waals surface area contributed by atoms with Gasteiger partial charge in [0.15, 0.2) is 0 Å². The topological polar surface area (TPSA) is 92.1 Å². The van der Waals surface area contributed by atoms with Gasteiger partial charge in [-0.3, -0.25) is 4.79 Å². The Kier molecular flexibility index (Phi) is 6.17. The summed E-state index contributed by atoms with van der Waals surface area (Å²) in [5.74, 6) is -2.31. The smallest absolute Gasteiger partial charge is 0.341 e. The van der Waals surface area contributed by atoms with E-state index in [1.54, 1.807) is 34.9 Å². The number of rotatable bonds is 5. The lowest BCUT2D eigenvalue weighted by molar-refractivity contribution is -0.134. The van der Waals surface area contributed by atoms with E-state index in [0.717, 1.165) is 17.3 Å². The summed E-state index contributed by atoms with van der Waals surface area (Å²) in [6, 6.07) is 9.76. The zero-order valence-electron chi connectivity index (χ0n) is 19.5. The van der Waals surface area contributed by atoms with Gasteiger partial charge in [0.05, 0.1) is 22.5 Å². The van der Waals surface area contributed by atoms with Crippen LogP contribution < -0.4 is 10.3 Å². The van der Waals surface area contributed by atoms with Crippen LogP contribution in [0.5, 0.6) is 0 Å². The predicted octanol–water partition coefficient (Wildman–Crippen LogP) is 3.60. The highest BCUT2D eigenvalue weighted by atomic mass is 35.5. The van der Waals surface area contributed by atoms with Crippen LogP contribution in [-0.4, -0.2) is 59.3 Å². The van der Waals surface area contributed by atoms with Crippen LogP contribution in [0.15, 0.2) is 53.1 Å². The highest BCUT2D eigenvalue weighted by molar-refractivity contribution is 6.30. The second-order valence-electron chi connectivity index (χ2n) is 8.66. The standard InChI is InChI=1S/C26H23ClFN3O5/c1-2-29-13-18(25(33)34)24(32)17-11-19(28)21(12-20(17)29)30-7-9-31(10-8-30)22-14-36-26(35)23(22)15-3-5-16(27)6-4-15/h3-6,11-13H,2,7-10,14H2,1H3,(H,33,34). The monoisotopic (exact) mass is 511 g/mol. The molecule has 0 unspecified atom stereocenters. The number of hydrogen-bond donors (Lipinski definition) is 1. The Labute approximate surface area is 210 Å². The molecule has 2 aliphatic heterocycles. The van der Waals surface area contributed by atoms with Gasteiger partial charge in [-0.2, -0.15) is 0 Å². The van der Waals surface area contributed by atoms with E-state index in [1.165, 1.54) is 6.20 Å². The van der Waals surface area contributed by atoms with Crippen LogP contribution in [0.3, 0.4) is 0 Å². The van der Waals surface area contributed by atoms with E-state index in [9.17, 15) is 19.5 Å². The van der Waals surface area contributed by atoms with Crippen molar-refractivity contribution in [3.8, 4) is 0 Å². The fraction of sp³-hybridized carbons (Fsp3) is 0.269. The molecule has 1 fully saturated rings. The van der Waals surface area contributed by atoms with E-state index in [0.29, 0.717) is 54.5 Å². The average molecular weight is 512 g/mol. The lowest BCUT2D eigenvalue weighted by Crippen LogP contribution is -2.46. The van der Waals surface area contributed by atoms with E-state index >= 15 is 4.39 Å². The molecular weight excluding hydrogens is 489 g/mol. The quantitative estimate of drug-likeness (QED) is 0.523. The summed E-state index contributed by atoms with van der Waals surface area (Å²) < 4.78 is 22.1. The number of nitrogens with zero attached hydrogens (tertiary/aromatic N) is 3. The van der Waals surface area contributed by atoms with Crippen LogP contribution in [0.25, 0.3) is 16.5 Å². The van der Waals surface area contributed by atoms with Gasteiger partial charge in [0.2, 0.25) is 5.43 Å². The Morgan fingerprint density at radius 3 is 2.39 bits per heavy atom. The number of carboxylic acids is 1. The number of piperazine rings is 1. The fourth-order valence-corrected chi connectivity index (χ4v) is 4.95. The summed E-state index contributed by atoms with van der Waals surface area (Å²) in [4.78, 5) is 40.5. The molecule has 186 valence electrons. The van der Waals surface area contributed by atoms with E-state index < -0.39 is 17.2 Å². The van der Waals surface area contributed by atoms with Gasteiger partial charge in [-0.05, 0) is 36.8 Å². The summed E-state index contributed by atoms with van der Waals surface area (Å²) in [6.07, 6.45) is 1.30. The number of benzene rings is 2. The van der Waals surface area contributed by atoms with E-state index in [2.05, 4.69) is 4.90 Å². The third kappa shape index (κ3) is 4.09. The van der Waals surface area contributed by atoms with Crippen LogP contribution in [0, 0.1) is 5.82 Å². The molecule has 0 radical (unpaired) electrons. The first-order chi connectivity index (χ1) is 17.3. The van der Waals surface area contributed by atoms with Gasteiger partial charge >= 0.3 is 11.9 Å². The molecule has 0 saturated carbocycles. The second-order valence-corrected chi connectivity index (χ2v) is 9.10. The van der Waals surface area contributed by atoms with Crippen LogP contribution in [-0.2, 0) is 16.1 Å². The number of halogens is 2. The van der Waals surface area contributed by atoms with Gasteiger partial charge in [0, 0.05) is 49.3 Å². The minimum absolute atomic E-state index is 0.0380. The lowest BCUT2D eigenvalue weighted by Gasteiger charge is -2.38. The van der Waals surface area contributed by atoms with Gasteiger partial charge < -0.3 is 24.2 Å². The van der Waals surface area contributed by atoms with Crippen molar-refractivity contribution in [2.24, 2.45) is 0 Å². The first-order valence-corrected chi connectivity index (χ1v) is 11.9. The van der Waals surface area contributed by atoms with Gasteiger partial charge in [-0.25, -0.2) is 14.0 Å². The van der Waals surface area contributed by atoms with Crippen molar-refractivity contribution in [2.45, 2.75) is 13.5 Å². The maximum Gasteiger partial charge on any atom is 0.341 e. The molecule has 1 aromatic heterocycles. The number of carbonyl (C=O) groups is 2. The number of carbonyl (C=O) groups excluding carboxylic acids is 1. The van der Waals surface area contributed by atoms with Crippen LogP contribution >= 0.6 is 11.6 Å². The zero-order chi connectivity index (χ0) is 25.6. The first kappa shape index (κ1) is 23.9. The largest absolute Gasteiger partial charge is 0.477 e. The highest BCUT2D eigenvalue weighted by Gasteiger charge is 2.32. The van der Waals surface area contributed by atoms with Crippen molar-refractivity contribution in [3.05, 3.63) is 80.5 Å². The van der Waals surface area contributed by atoms with Gasteiger partial charge in [0.25, 0.3) is 0 Å². The number of cyclic esters (lactones) is 1. The molecule has 0 spiro atoms. The molecule has 1 saturated heterocycles. The summed E-state index contributed by atoms with van der Waals surface area (Å²) in [7, 11) is 0. The van der Waals surface area contributed by atoms with Crippen molar-refractivity contribution in [1.29, 1.82) is 0 Å². The van der Waals surface area contributed by atoms with Crippen molar-refractivity contribution in [3.63, 3.8) is 0 Å². The molecule has 5 rings (SSSR count). The molecule has 2 aromatic carbocycles. The van der Waals surface area contributed by atoms with Gasteiger partial charge in [-0.15, -0.1) is 0 Å². The number of fused-ring (bicyclic) bond motifs is 1. The molecule has 3 heterocycles. The zero-order valence-corrected chi connectivity index (χ0v) is 20.2. The molecule has 36 heavy (non-hydrogen) atoms. The number of hydrogen-bond acceptors (Lipinski definition) is 6. The maximum atomic E-state index is 15.2. The van der Waals surface area contributed by atoms with Gasteiger partial charge in [-0.1, -0.05) is 23.7 Å². The molecular formula is C26H23ClFN3O5. The van der Waals surface area contributed by atoms with Crippen molar-refractivity contribution in [1.82, 2.24) is 9.47 Å². The van der Waals surface area contributed by atoms with E-state index in [1.807, 2.05) is 11.8 Å². The Hall–Kier alpha value is -3.85. The maximum absolute atomic E-state index is 15.2. The third-order valence-corrected chi connectivity index (χ3v) is 6.94. The highest BCUT2D eigenvalue weighted by Crippen LogP contribution is 2.32. The molecule has 0 aliphatic carbocycles. The number of aryl methyl sites for hydroxylation is 1. The second kappa shape index (κ2) is 9.31. The number of anilines is 1. The Bertz CT molecular complexity index is 1470. The molecule has 8 nitrogen and oxygen atoms in total. The predicted molar refractivity (Wildman–Crippen MR) is 134 cm³/mol. The fourth-order valence-electron chi connectivity index (χ4n) is 4.82. The number of carboxylic acid groups (broad SMARTS) is 1. The summed E-state index contributed by atoms with van der Waals surface area (Å²) in [5, 5.41) is 9.96. The Morgan fingerprint density at radius 1 is 1.08 bits per heavy atom. The average Bonchev–Trinajstić information content (AvgIpc) is 3.26. The van der Waals surface area contributed by atoms with E-state index in [4.69, 9.17) is 16.3 Å². The number of pyridine rings is 1. The summed E-state index contributed by atoms with van der Waals surface area (Å²) >= 11 is 5.99. The molecule has 0 bridgehead atoms. The van der Waals surface area contributed by atoms with Crippen molar-refractivity contribution < 1.29 is 23.8 Å². The minimum Gasteiger partial charge on any atom is -0.477 e. The lowest BCUT2D eigenvalue weighted by atomic mass is 10.0. The first-order valence-electron chi connectivity index (χ1n) is 11.5. The number of esters is 1. The molecule has 3 aromatic rings. The molecule has 10 heteroatoms. The number of ether oxygens (including phenoxy) is 1. The molecule has 0 atom stereocenters. The number of aromatic nitrogens is 1. The van der Waals surface area contributed by atoms with E-state index in [-0.39, 0.29) is 23.5 Å². The molecule has 0 amide bonds. The normalized spacial score (nSPS) is 16.1. The van der Waals surface area contributed by atoms with Gasteiger partial charge in [0.1, 0.15) is 18.0 Å². The molecule has 1 N–H and O–H groups in total. The summed E-state index contributed by atoms with van der Waals surface area (Å²) in [6.45, 7) is 4.48. The van der Waals surface area contributed by atoms with Crippen molar-refractivity contribution in [2.75, 3.05) is 37.7 Å². The SMILES string of the molecule is CCn1cc(C(=O)O)c(=O)c2cc(F)c(N3CCN(C4=C(c5ccc(Cl)cc5)C(=O)OC4)CC3)cc21. The minimum atomic E-state index is -1.34. The van der Waals surface area contributed by atoms with Crippen LogP contribution in [0.2, 0.25) is 5.02 Å². The van der Waals surface area contributed by atoms with Crippen LogP contribution in [0.1, 0.15) is 22.8 Å². The van der Waals surface area contributed by atoms with Crippen LogP contribution in [0.4, 0.5) is 10.1 Å². The Morgan fingerprint density at radius 2 is 1.75 bits per heavy atom.